The van der Waals surface area contributed by atoms with Gasteiger partial charge in [0.1, 0.15) is 5.75 Å². The van der Waals surface area contributed by atoms with E-state index < -0.39 is 0 Å². The summed E-state index contributed by atoms with van der Waals surface area (Å²) in [4.78, 5) is 4.70. The Balaban J connectivity index is 2.00. The average Bonchev–Trinajstić information content (AvgIpc) is 2.73. The molecule has 1 atom stereocenters. The van der Waals surface area contributed by atoms with Crippen LogP contribution in [0, 0.1) is 6.92 Å². The molecule has 0 bridgehead atoms. The quantitative estimate of drug-likeness (QED) is 0.864. The smallest absolute Gasteiger partial charge is 0.122 e. The number of para-hydroxylation sites is 1. The minimum Gasteiger partial charge on any atom is -0.507 e. The first-order chi connectivity index (χ1) is 8.08. The molecule has 0 spiro atoms. The summed E-state index contributed by atoms with van der Waals surface area (Å²) in [5.74, 6) is 0.459. The maximum absolute atomic E-state index is 10.00. The van der Waals surface area contributed by atoms with E-state index >= 15 is 0 Å². The molecule has 1 aliphatic heterocycles. The summed E-state index contributed by atoms with van der Waals surface area (Å²) in [5.41, 5.74) is 2.01. The van der Waals surface area contributed by atoms with Crippen LogP contribution in [0.5, 0.6) is 5.75 Å². The van der Waals surface area contributed by atoms with Gasteiger partial charge in [-0.25, -0.2) is 0 Å². The molecule has 0 aliphatic carbocycles. The second-order valence-electron chi connectivity index (χ2n) is 5.22. The van der Waals surface area contributed by atoms with E-state index in [4.69, 9.17) is 0 Å². The molecule has 1 aromatic rings. The van der Waals surface area contributed by atoms with Crippen LogP contribution in [0.1, 0.15) is 17.5 Å². The van der Waals surface area contributed by atoms with Crippen LogP contribution in [0.25, 0.3) is 0 Å². The van der Waals surface area contributed by atoms with Crippen LogP contribution in [-0.4, -0.2) is 48.1 Å². The lowest BCUT2D eigenvalue weighted by molar-refractivity contribution is 0.262. The van der Waals surface area contributed by atoms with E-state index in [1.807, 2.05) is 25.1 Å². The van der Waals surface area contributed by atoms with Gasteiger partial charge in [-0.05, 0) is 33.0 Å². The van der Waals surface area contributed by atoms with Crippen LogP contribution < -0.4 is 0 Å². The Hall–Kier alpha value is -1.06. The summed E-state index contributed by atoms with van der Waals surface area (Å²) >= 11 is 0. The van der Waals surface area contributed by atoms with E-state index in [0.29, 0.717) is 11.8 Å². The predicted octanol–water partition coefficient (Wildman–Crippen LogP) is 1.84. The summed E-state index contributed by atoms with van der Waals surface area (Å²) in [5, 5.41) is 10.00. The highest BCUT2D eigenvalue weighted by atomic mass is 16.3. The zero-order valence-electron chi connectivity index (χ0n) is 11.0. The van der Waals surface area contributed by atoms with Crippen molar-refractivity contribution in [3.8, 4) is 5.75 Å². The van der Waals surface area contributed by atoms with Crippen LogP contribution in [0.2, 0.25) is 0 Å². The molecule has 1 saturated heterocycles. The molecule has 94 valence electrons. The number of aromatic hydroxyl groups is 1. The maximum atomic E-state index is 10.00. The highest BCUT2D eigenvalue weighted by Crippen LogP contribution is 2.24. The van der Waals surface area contributed by atoms with Crippen molar-refractivity contribution in [1.82, 2.24) is 9.80 Å². The number of nitrogens with zero attached hydrogens (tertiary/aromatic N) is 2. The molecular formula is C14H22N2O. The van der Waals surface area contributed by atoms with Crippen molar-refractivity contribution >= 4 is 0 Å². The number of aryl methyl sites for hydroxylation is 1. The molecule has 0 radical (unpaired) electrons. The molecule has 0 saturated carbocycles. The number of likely N-dealkylation sites (tertiary alicyclic amines) is 1. The van der Waals surface area contributed by atoms with Gasteiger partial charge in [-0.3, -0.25) is 4.90 Å². The number of benzene rings is 1. The zero-order chi connectivity index (χ0) is 12.4. The van der Waals surface area contributed by atoms with Crippen LogP contribution >= 0.6 is 0 Å². The van der Waals surface area contributed by atoms with Crippen molar-refractivity contribution in [2.24, 2.45) is 0 Å². The van der Waals surface area contributed by atoms with Crippen LogP contribution in [0.3, 0.4) is 0 Å². The minimum absolute atomic E-state index is 0.459. The van der Waals surface area contributed by atoms with Gasteiger partial charge < -0.3 is 10.0 Å². The molecule has 1 aliphatic rings. The van der Waals surface area contributed by atoms with Gasteiger partial charge in [-0.15, -0.1) is 0 Å². The first-order valence-corrected chi connectivity index (χ1v) is 6.24. The zero-order valence-corrected chi connectivity index (χ0v) is 11.0. The molecule has 17 heavy (non-hydrogen) atoms. The molecule has 2 rings (SSSR count). The third kappa shape index (κ3) is 2.79. The van der Waals surface area contributed by atoms with Gasteiger partial charge in [0.15, 0.2) is 0 Å². The third-order valence-electron chi connectivity index (χ3n) is 3.69. The summed E-state index contributed by atoms with van der Waals surface area (Å²) < 4.78 is 0. The molecule has 1 fully saturated rings. The van der Waals surface area contributed by atoms with Crippen LogP contribution in [0.4, 0.5) is 0 Å². The lowest BCUT2D eigenvalue weighted by Crippen LogP contribution is -2.31. The van der Waals surface area contributed by atoms with Crippen molar-refractivity contribution in [3.05, 3.63) is 29.3 Å². The molecule has 1 aromatic carbocycles. The Kier molecular flexibility index (Phi) is 3.69. The average molecular weight is 234 g/mol. The van der Waals surface area contributed by atoms with E-state index in [1.54, 1.807) is 0 Å². The Bertz CT molecular complexity index is 390. The molecule has 1 unspecified atom stereocenters. The molecule has 3 heteroatoms. The summed E-state index contributed by atoms with van der Waals surface area (Å²) in [6.07, 6.45) is 1.22. The minimum atomic E-state index is 0.459. The molecule has 1 N–H and O–H groups in total. The van der Waals surface area contributed by atoms with E-state index in [2.05, 4.69) is 23.9 Å². The topological polar surface area (TPSA) is 26.7 Å². The van der Waals surface area contributed by atoms with Crippen LogP contribution in [0.15, 0.2) is 18.2 Å². The van der Waals surface area contributed by atoms with Gasteiger partial charge in [-0.2, -0.15) is 0 Å². The van der Waals surface area contributed by atoms with Gasteiger partial charge in [-0.1, -0.05) is 18.2 Å². The maximum Gasteiger partial charge on any atom is 0.122 e. The Morgan fingerprint density at radius 1 is 1.41 bits per heavy atom. The van der Waals surface area contributed by atoms with Gasteiger partial charge in [0.25, 0.3) is 0 Å². The van der Waals surface area contributed by atoms with Gasteiger partial charge in [0.05, 0.1) is 0 Å². The molecular weight excluding hydrogens is 212 g/mol. The fourth-order valence-corrected chi connectivity index (χ4v) is 2.47. The summed E-state index contributed by atoms with van der Waals surface area (Å²) in [6.45, 7) is 5.03. The van der Waals surface area contributed by atoms with Gasteiger partial charge >= 0.3 is 0 Å². The van der Waals surface area contributed by atoms with Crippen molar-refractivity contribution in [3.63, 3.8) is 0 Å². The van der Waals surface area contributed by atoms with Crippen molar-refractivity contribution in [2.75, 3.05) is 27.2 Å². The highest BCUT2D eigenvalue weighted by molar-refractivity contribution is 5.39. The van der Waals surface area contributed by atoms with E-state index in [9.17, 15) is 5.11 Å². The number of hydrogen-bond donors (Lipinski definition) is 1. The summed E-state index contributed by atoms with van der Waals surface area (Å²) in [6, 6.07) is 6.64. The Morgan fingerprint density at radius 3 is 2.82 bits per heavy atom. The largest absolute Gasteiger partial charge is 0.507 e. The first-order valence-electron chi connectivity index (χ1n) is 6.24. The van der Waals surface area contributed by atoms with Gasteiger partial charge in [0.2, 0.25) is 0 Å². The Labute approximate surface area is 104 Å². The normalized spacial score (nSPS) is 21.3. The number of phenolic OH excluding ortho intramolecular Hbond substituents is 1. The second kappa shape index (κ2) is 5.07. The van der Waals surface area contributed by atoms with Crippen molar-refractivity contribution in [2.45, 2.75) is 25.9 Å². The number of phenols is 1. The number of hydrogen-bond acceptors (Lipinski definition) is 3. The standard InChI is InChI=1S/C14H22N2O/c1-11-5-4-6-12(14(11)17)9-16-8-7-13(10-16)15(2)3/h4-6,13,17H,7-10H2,1-3H3. The highest BCUT2D eigenvalue weighted by Gasteiger charge is 2.24. The first kappa shape index (κ1) is 12.4. The van der Waals surface area contributed by atoms with Crippen molar-refractivity contribution < 1.29 is 5.11 Å². The van der Waals surface area contributed by atoms with Gasteiger partial charge in [0, 0.05) is 31.2 Å². The number of rotatable bonds is 3. The second-order valence-corrected chi connectivity index (χ2v) is 5.22. The summed E-state index contributed by atoms with van der Waals surface area (Å²) in [7, 11) is 4.27. The fraction of sp³-hybridized carbons (Fsp3) is 0.571. The van der Waals surface area contributed by atoms with Crippen molar-refractivity contribution in [1.29, 1.82) is 0 Å². The Morgan fingerprint density at radius 2 is 2.18 bits per heavy atom. The monoisotopic (exact) mass is 234 g/mol. The van der Waals surface area contributed by atoms with E-state index in [1.165, 1.54) is 6.42 Å². The third-order valence-corrected chi connectivity index (χ3v) is 3.69. The molecule has 1 heterocycles. The van der Waals surface area contributed by atoms with E-state index in [-0.39, 0.29) is 0 Å². The SMILES string of the molecule is Cc1cccc(CN2CCC(N(C)C)C2)c1O. The lowest BCUT2D eigenvalue weighted by atomic mass is 10.1. The molecule has 0 amide bonds. The lowest BCUT2D eigenvalue weighted by Gasteiger charge is -2.20. The predicted molar refractivity (Wildman–Crippen MR) is 70.2 cm³/mol. The number of likely N-dealkylation sites (N-methyl/N-ethyl adjacent to an activating group) is 1. The fourth-order valence-electron chi connectivity index (χ4n) is 2.47. The molecule has 3 nitrogen and oxygen atoms in total. The molecule has 0 aromatic heterocycles. The van der Waals surface area contributed by atoms with E-state index in [0.717, 1.165) is 30.8 Å². The van der Waals surface area contributed by atoms with Crippen LogP contribution in [-0.2, 0) is 6.54 Å².